The third-order valence-corrected chi connectivity index (χ3v) is 15.0. The molecule has 5 unspecified atom stereocenters. The summed E-state index contributed by atoms with van der Waals surface area (Å²) in [5, 5.41) is 0.882. The van der Waals surface area contributed by atoms with Crippen molar-refractivity contribution in [3.05, 3.63) is 136 Å². The van der Waals surface area contributed by atoms with Gasteiger partial charge in [0, 0.05) is 28.4 Å². The fourth-order valence-electron chi connectivity index (χ4n) is 12.2. The van der Waals surface area contributed by atoms with Crippen molar-refractivity contribution in [2.24, 2.45) is 38.4 Å². The maximum Gasteiger partial charge on any atom is 0.344 e. The molecule has 7 heteroatoms. The Morgan fingerprint density at radius 3 is 2.03 bits per heavy atom. The highest BCUT2D eigenvalue weighted by Gasteiger charge is 2.64. The Hall–Kier alpha value is -5.27. The van der Waals surface area contributed by atoms with Crippen LogP contribution in [0.1, 0.15) is 152 Å². The Morgan fingerprint density at radius 1 is 0.800 bits per heavy atom. The molecule has 0 spiro atoms. The molecule has 5 atom stereocenters. The fourth-order valence-corrected chi connectivity index (χ4v) is 12.2. The third kappa shape index (κ3) is 12.8. The summed E-state index contributed by atoms with van der Waals surface area (Å²) in [5.74, 6) is 0.322. The molecule has 1 heterocycles. The highest BCUT2D eigenvalue weighted by Crippen LogP contribution is 2.66. The number of ether oxygens (including phenoxy) is 3. The van der Waals surface area contributed by atoms with Gasteiger partial charge in [-0.25, -0.2) is 4.79 Å². The Bertz CT molecular complexity index is 2710. The smallest absolute Gasteiger partial charge is 0.344 e. The summed E-state index contributed by atoms with van der Waals surface area (Å²) in [6, 6.07) is 33.9. The quantitative estimate of drug-likeness (QED) is 0.0284. The van der Waals surface area contributed by atoms with Crippen molar-refractivity contribution in [3.63, 3.8) is 0 Å². The number of carbonyl (C=O) groups excluding carboxylic acids is 2. The van der Waals surface area contributed by atoms with Crippen LogP contribution < -0.4 is 10.4 Å². The van der Waals surface area contributed by atoms with Crippen LogP contribution in [0.3, 0.4) is 0 Å². The molecule has 0 aliphatic heterocycles. The standard InChI is InChI=1S/C63H82O7/c1-42(35-61(12,13)70-55(66)51(58(5,6)7)38-57(2,3)4)68-56-60(10,11)41-62(14,37-44-28-30-48-34-50(46-25-21-18-22-26-46)54(65)69-53(48)32-44)63(56,15)40-59(8,9)36-43-27-29-47(52(31-43)67-16)33-49(39-64)45-23-19-17-20-24-45/h17-34,39,42,51,56H,35-38,40-41H2,1-16H3/b49-33+. The molecule has 1 aliphatic rings. The normalized spacial score (nSPS) is 20.8. The number of methoxy groups -OCH3 is 1. The predicted octanol–water partition coefficient (Wildman–Crippen LogP) is 15.4. The van der Waals surface area contributed by atoms with E-state index in [9.17, 15) is 14.4 Å². The minimum absolute atomic E-state index is 0.0283. The van der Waals surface area contributed by atoms with Gasteiger partial charge < -0.3 is 18.6 Å². The largest absolute Gasteiger partial charge is 0.496 e. The van der Waals surface area contributed by atoms with Crippen molar-refractivity contribution >= 4 is 34.9 Å². The molecule has 0 N–H and O–H groups in total. The molecule has 1 fully saturated rings. The van der Waals surface area contributed by atoms with E-state index in [2.05, 4.69) is 126 Å². The first-order chi connectivity index (χ1) is 32.5. The zero-order valence-electron chi connectivity index (χ0n) is 45.3. The number of rotatable bonds is 18. The van der Waals surface area contributed by atoms with Crippen molar-refractivity contribution in [1.29, 1.82) is 0 Å². The third-order valence-electron chi connectivity index (χ3n) is 15.0. The number of esters is 1. The molecule has 376 valence electrons. The van der Waals surface area contributed by atoms with Gasteiger partial charge in [-0.3, -0.25) is 9.59 Å². The fraction of sp³-hybridized carbons (Fsp3) is 0.508. The molecule has 70 heavy (non-hydrogen) atoms. The number of allylic oxidation sites excluding steroid dienone is 1. The van der Waals surface area contributed by atoms with E-state index >= 15 is 0 Å². The minimum atomic E-state index is -0.761. The molecule has 4 aromatic carbocycles. The van der Waals surface area contributed by atoms with Crippen LogP contribution in [0.4, 0.5) is 0 Å². The number of hydrogen-bond acceptors (Lipinski definition) is 7. The van der Waals surface area contributed by atoms with Gasteiger partial charge in [0.25, 0.3) is 0 Å². The first-order valence-electron chi connectivity index (χ1n) is 25.4. The van der Waals surface area contributed by atoms with Crippen LogP contribution in [-0.2, 0) is 31.9 Å². The second kappa shape index (κ2) is 20.5. The average Bonchev–Trinajstić information content (AvgIpc) is 3.39. The maximum atomic E-state index is 14.0. The van der Waals surface area contributed by atoms with E-state index in [4.69, 9.17) is 18.6 Å². The van der Waals surface area contributed by atoms with Crippen LogP contribution in [0.5, 0.6) is 5.75 Å². The van der Waals surface area contributed by atoms with Crippen molar-refractivity contribution in [1.82, 2.24) is 0 Å². The van der Waals surface area contributed by atoms with Gasteiger partial charge in [-0.2, -0.15) is 0 Å². The van der Waals surface area contributed by atoms with E-state index < -0.39 is 5.60 Å². The number of aldehydes is 1. The second-order valence-corrected chi connectivity index (χ2v) is 25.6. The first kappa shape index (κ1) is 54.1. The van der Waals surface area contributed by atoms with Gasteiger partial charge in [-0.1, -0.05) is 168 Å². The van der Waals surface area contributed by atoms with E-state index in [0.717, 1.165) is 71.6 Å². The lowest BCUT2D eigenvalue weighted by atomic mass is 9.57. The second-order valence-electron chi connectivity index (χ2n) is 25.6. The Kier molecular flexibility index (Phi) is 15.8. The minimum Gasteiger partial charge on any atom is -0.496 e. The van der Waals surface area contributed by atoms with E-state index in [1.54, 1.807) is 7.11 Å². The summed E-state index contributed by atoms with van der Waals surface area (Å²) in [7, 11) is 1.68. The van der Waals surface area contributed by atoms with Crippen LogP contribution in [0.25, 0.3) is 33.7 Å². The highest BCUT2D eigenvalue weighted by molar-refractivity contribution is 6.13. The predicted molar refractivity (Wildman–Crippen MR) is 288 cm³/mol. The van der Waals surface area contributed by atoms with Crippen molar-refractivity contribution in [2.45, 2.75) is 160 Å². The van der Waals surface area contributed by atoms with Crippen LogP contribution >= 0.6 is 0 Å². The van der Waals surface area contributed by atoms with Gasteiger partial charge in [0.1, 0.15) is 16.9 Å². The van der Waals surface area contributed by atoms with Gasteiger partial charge in [0.05, 0.1) is 30.8 Å². The van der Waals surface area contributed by atoms with Crippen molar-refractivity contribution < 1.29 is 28.2 Å². The van der Waals surface area contributed by atoms with E-state index in [-0.39, 0.29) is 62.2 Å². The zero-order chi connectivity index (χ0) is 51.7. The van der Waals surface area contributed by atoms with Gasteiger partial charge in [-0.15, -0.1) is 0 Å². The lowest BCUT2D eigenvalue weighted by molar-refractivity contribution is -0.176. The SMILES string of the molecule is COc1cc(CC(C)(C)CC2(C)C(OC(C)CC(C)(C)OC(=O)C(CC(C)(C)C)C(C)(C)C)C(C)(C)CC2(C)Cc2ccc3cc(-c4ccccc4)c(=O)oc3c2)ccc1/C=C(\C=O)c1ccccc1. The van der Waals surface area contributed by atoms with E-state index in [1.165, 1.54) is 0 Å². The molecule has 0 bridgehead atoms. The molecule has 6 rings (SSSR count). The van der Waals surface area contributed by atoms with E-state index in [1.807, 2.05) is 86.7 Å². The first-order valence-corrected chi connectivity index (χ1v) is 25.4. The van der Waals surface area contributed by atoms with Crippen molar-refractivity contribution in [2.75, 3.05) is 7.11 Å². The number of carbonyl (C=O) groups is 2. The van der Waals surface area contributed by atoms with Crippen LogP contribution in [-0.4, -0.2) is 37.2 Å². The van der Waals surface area contributed by atoms with Crippen LogP contribution in [0.15, 0.2) is 112 Å². The maximum absolute atomic E-state index is 14.0. The lowest BCUT2D eigenvalue weighted by Crippen LogP contribution is -2.49. The molecule has 0 radical (unpaired) electrons. The lowest BCUT2D eigenvalue weighted by Gasteiger charge is -2.50. The summed E-state index contributed by atoms with van der Waals surface area (Å²) in [6.07, 6.45) is 6.94. The summed E-state index contributed by atoms with van der Waals surface area (Å²) in [5.41, 5.74) is 4.02. The van der Waals surface area contributed by atoms with E-state index in [0.29, 0.717) is 28.9 Å². The molecule has 1 saturated carbocycles. The molecule has 5 aromatic rings. The van der Waals surface area contributed by atoms with Crippen molar-refractivity contribution in [3.8, 4) is 16.9 Å². The number of hydrogen-bond donors (Lipinski definition) is 0. The molecule has 1 aliphatic carbocycles. The summed E-state index contributed by atoms with van der Waals surface area (Å²) < 4.78 is 25.9. The Labute approximate surface area is 419 Å². The highest BCUT2D eigenvalue weighted by atomic mass is 16.6. The topological polar surface area (TPSA) is 92.0 Å². The number of benzene rings is 4. The summed E-state index contributed by atoms with van der Waals surface area (Å²) in [6.45, 7) is 33.3. The summed E-state index contributed by atoms with van der Waals surface area (Å²) in [4.78, 5) is 39.7. The Morgan fingerprint density at radius 2 is 1.43 bits per heavy atom. The van der Waals surface area contributed by atoms with Gasteiger partial charge in [-0.05, 0) is 126 Å². The molecule has 7 nitrogen and oxygen atoms in total. The summed E-state index contributed by atoms with van der Waals surface area (Å²) >= 11 is 0. The molecular weight excluding hydrogens is 869 g/mol. The number of fused-ring (bicyclic) bond motifs is 1. The van der Waals surface area contributed by atoms with Crippen LogP contribution in [0.2, 0.25) is 0 Å². The molecular formula is C63H82O7. The van der Waals surface area contributed by atoms with Gasteiger partial charge >= 0.3 is 11.6 Å². The van der Waals surface area contributed by atoms with Gasteiger partial charge in [0.2, 0.25) is 0 Å². The monoisotopic (exact) mass is 951 g/mol. The molecule has 0 saturated heterocycles. The van der Waals surface area contributed by atoms with Gasteiger partial charge in [0.15, 0.2) is 6.29 Å². The molecule has 1 aromatic heterocycles. The molecule has 0 amide bonds. The zero-order valence-corrected chi connectivity index (χ0v) is 45.3. The average molecular weight is 951 g/mol. The van der Waals surface area contributed by atoms with Crippen LogP contribution in [0, 0.1) is 38.4 Å². The Balaban J connectivity index is 1.34.